The number of thiazole rings is 1. The molecule has 0 bridgehead atoms. The van der Waals surface area contributed by atoms with Crippen molar-refractivity contribution in [3.63, 3.8) is 0 Å². The maximum atomic E-state index is 13.2. The van der Waals surface area contributed by atoms with Crippen molar-refractivity contribution in [3.8, 4) is 17.2 Å². The van der Waals surface area contributed by atoms with Crippen LogP contribution in [0.5, 0.6) is 17.2 Å². The molecule has 0 saturated carbocycles. The number of aromatic nitrogens is 1. The van der Waals surface area contributed by atoms with Gasteiger partial charge in [0.15, 0.2) is 11.2 Å². The van der Waals surface area contributed by atoms with Gasteiger partial charge in [-0.3, -0.25) is 14.9 Å². The first kappa shape index (κ1) is 26.4. The lowest BCUT2D eigenvalue weighted by Gasteiger charge is -2.15. The van der Waals surface area contributed by atoms with Gasteiger partial charge in [-0.05, 0) is 43.3 Å². The SMILES string of the molecule is CCOC(=O)CSc1cnc(NC(=O)c2cc(Oc3ccc(F)cc3)cc(OC(CF)CF)c2)s1. The third kappa shape index (κ3) is 8.18. The Kier molecular flexibility index (Phi) is 9.79. The summed E-state index contributed by atoms with van der Waals surface area (Å²) in [6.45, 7) is -0.121. The zero-order chi connectivity index (χ0) is 25.2. The Bertz CT molecular complexity index is 1140. The quantitative estimate of drug-likeness (QED) is 0.240. The second kappa shape index (κ2) is 13.0. The van der Waals surface area contributed by atoms with Crippen molar-refractivity contribution in [2.24, 2.45) is 0 Å². The fourth-order valence-corrected chi connectivity index (χ4v) is 4.32. The van der Waals surface area contributed by atoms with E-state index < -0.39 is 31.2 Å². The molecule has 1 N–H and O–H groups in total. The van der Waals surface area contributed by atoms with Gasteiger partial charge in [0.25, 0.3) is 5.91 Å². The summed E-state index contributed by atoms with van der Waals surface area (Å²) in [5.41, 5.74) is 0.0759. The van der Waals surface area contributed by atoms with Gasteiger partial charge in [0.2, 0.25) is 0 Å². The standard InChI is InChI=1S/C23H21F3N2O5S2/c1-2-31-20(29)13-34-21-12-27-23(35-21)28-22(30)14-7-17(32-16-5-3-15(26)4-6-16)9-18(8-14)33-19(10-24)11-25/h3-9,12,19H,2,10-11,13H2,1H3,(H,27,28,30). The minimum absolute atomic E-state index is 0.0138. The number of hydrogen-bond acceptors (Lipinski definition) is 8. The second-order valence-corrected chi connectivity index (χ2v) is 9.14. The van der Waals surface area contributed by atoms with Crippen LogP contribution in [-0.2, 0) is 9.53 Å². The molecule has 0 aliphatic carbocycles. The van der Waals surface area contributed by atoms with Crippen LogP contribution in [0.25, 0.3) is 0 Å². The van der Waals surface area contributed by atoms with Crippen molar-refractivity contribution in [3.05, 3.63) is 60.0 Å². The van der Waals surface area contributed by atoms with E-state index in [4.69, 9.17) is 14.2 Å². The monoisotopic (exact) mass is 526 g/mol. The van der Waals surface area contributed by atoms with E-state index in [1.165, 1.54) is 60.4 Å². The smallest absolute Gasteiger partial charge is 0.316 e. The number of carbonyl (C=O) groups is 2. The predicted molar refractivity (Wildman–Crippen MR) is 127 cm³/mol. The third-order valence-corrected chi connectivity index (χ3v) is 6.26. The molecule has 0 unspecified atom stereocenters. The van der Waals surface area contributed by atoms with E-state index in [-0.39, 0.29) is 46.3 Å². The first-order valence-electron chi connectivity index (χ1n) is 10.3. The Morgan fingerprint density at radius 1 is 1.09 bits per heavy atom. The van der Waals surface area contributed by atoms with Crippen molar-refractivity contribution in [1.82, 2.24) is 4.98 Å². The van der Waals surface area contributed by atoms with Crippen molar-refractivity contribution in [2.45, 2.75) is 17.2 Å². The number of ether oxygens (including phenoxy) is 3. The number of nitrogens with one attached hydrogen (secondary N) is 1. The number of halogens is 3. The summed E-state index contributed by atoms with van der Waals surface area (Å²) in [5, 5.41) is 2.91. The number of hydrogen-bond donors (Lipinski definition) is 1. The Morgan fingerprint density at radius 3 is 2.49 bits per heavy atom. The number of alkyl halides is 2. The van der Waals surface area contributed by atoms with Gasteiger partial charge in [0.1, 0.15) is 36.4 Å². The van der Waals surface area contributed by atoms with Crippen LogP contribution < -0.4 is 14.8 Å². The number of benzene rings is 2. The Balaban J connectivity index is 1.76. The van der Waals surface area contributed by atoms with Gasteiger partial charge in [0, 0.05) is 11.6 Å². The number of amides is 1. The number of thioether (sulfide) groups is 1. The average molecular weight is 527 g/mol. The molecular formula is C23H21F3N2O5S2. The molecule has 186 valence electrons. The lowest BCUT2D eigenvalue weighted by molar-refractivity contribution is -0.139. The van der Waals surface area contributed by atoms with E-state index in [9.17, 15) is 22.8 Å². The molecule has 1 heterocycles. The first-order valence-corrected chi connectivity index (χ1v) is 12.1. The van der Waals surface area contributed by atoms with E-state index in [0.717, 1.165) is 11.3 Å². The van der Waals surface area contributed by atoms with Crippen LogP contribution in [0.3, 0.4) is 0 Å². The first-order chi connectivity index (χ1) is 16.9. The maximum absolute atomic E-state index is 13.2. The topological polar surface area (TPSA) is 86.8 Å². The highest BCUT2D eigenvalue weighted by Gasteiger charge is 2.17. The van der Waals surface area contributed by atoms with Crippen LogP contribution in [0.4, 0.5) is 18.3 Å². The fraction of sp³-hybridized carbons (Fsp3) is 0.261. The highest BCUT2D eigenvalue weighted by molar-refractivity contribution is 8.01. The highest BCUT2D eigenvalue weighted by Crippen LogP contribution is 2.31. The minimum Gasteiger partial charge on any atom is -0.485 e. The molecule has 7 nitrogen and oxygen atoms in total. The number of nitrogens with zero attached hydrogens (tertiary/aromatic N) is 1. The Morgan fingerprint density at radius 2 is 1.80 bits per heavy atom. The molecule has 0 saturated heterocycles. The summed E-state index contributed by atoms with van der Waals surface area (Å²) >= 11 is 2.38. The average Bonchev–Trinajstić information content (AvgIpc) is 3.30. The van der Waals surface area contributed by atoms with Gasteiger partial charge in [0.05, 0.1) is 22.8 Å². The molecule has 0 aliphatic heterocycles. The number of anilines is 1. The maximum Gasteiger partial charge on any atom is 0.316 e. The summed E-state index contributed by atoms with van der Waals surface area (Å²) in [6, 6.07) is 9.26. The van der Waals surface area contributed by atoms with Gasteiger partial charge >= 0.3 is 5.97 Å². The summed E-state index contributed by atoms with van der Waals surface area (Å²) in [6.07, 6.45) is 0.171. The molecule has 1 amide bonds. The van der Waals surface area contributed by atoms with Gasteiger partial charge in [-0.15, -0.1) is 11.8 Å². The molecule has 3 rings (SSSR count). The third-order valence-electron chi connectivity index (χ3n) is 4.18. The molecule has 0 radical (unpaired) electrons. The molecule has 2 aromatic carbocycles. The lowest BCUT2D eigenvalue weighted by atomic mass is 10.2. The summed E-state index contributed by atoms with van der Waals surface area (Å²) < 4.78 is 55.7. The molecule has 35 heavy (non-hydrogen) atoms. The van der Waals surface area contributed by atoms with Crippen LogP contribution >= 0.6 is 23.1 Å². The summed E-state index contributed by atoms with van der Waals surface area (Å²) in [4.78, 5) is 28.5. The molecule has 0 spiro atoms. The highest BCUT2D eigenvalue weighted by atomic mass is 32.2. The number of esters is 1. The molecule has 1 aromatic heterocycles. The largest absolute Gasteiger partial charge is 0.485 e. The van der Waals surface area contributed by atoms with Gasteiger partial charge in [-0.2, -0.15) is 0 Å². The van der Waals surface area contributed by atoms with Gasteiger partial charge in [-0.1, -0.05) is 11.3 Å². The molecule has 0 fully saturated rings. The second-order valence-electron chi connectivity index (χ2n) is 6.83. The van der Waals surface area contributed by atoms with Crippen LogP contribution in [0, 0.1) is 5.82 Å². The number of carbonyl (C=O) groups excluding carboxylic acids is 2. The van der Waals surface area contributed by atoms with E-state index in [1.54, 1.807) is 6.92 Å². The number of rotatable bonds is 12. The Labute approximate surface area is 207 Å². The fourth-order valence-electron chi connectivity index (χ4n) is 2.65. The predicted octanol–water partition coefficient (Wildman–Crippen LogP) is 5.67. The van der Waals surface area contributed by atoms with Crippen molar-refractivity contribution >= 4 is 40.1 Å². The van der Waals surface area contributed by atoms with Crippen LogP contribution in [0.15, 0.2) is 52.9 Å². The molecule has 3 aromatic rings. The van der Waals surface area contributed by atoms with Crippen LogP contribution in [-0.4, -0.2) is 48.7 Å². The zero-order valence-corrected chi connectivity index (χ0v) is 20.1. The molecular weight excluding hydrogens is 505 g/mol. The van der Waals surface area contributed by atoms with Gasteiger partial charge < -0.3 is 14.2 Å². The Hall–Kier alpha value is -3.25. The van der Waals surface area contributed by atoms with E-state index in [2.05, 4.69) is 10.3 Å². The van der Waals surface area contributed by atoms with Crippen molar-refractivity contribution < 1.29 is 37.0 Å². The van der Waals surface area contributed by atoms with E-state index in [1.807, 2.05) is 0 Å². The molecule has 0 atom stereocenters. The molecule has 0 aliphatic rings. The lowest BCUT2D eigenvalue weighted by Crippen LogP contribution is -2.21. The minimum atomic E-state index is -1.34. The van der Waals surface area contributed by atoms with E-state index >= 15 is 0 Å². The van der Waals surface area contributed by atoms with E-state index in [0.29, 0.717) is 4.21 Å². The molecule has 12 heteroatoms. The summed E-state index contributed by atoms with van der Waals surface area (Å²) in [5.74, 6) is -0.843. The van der Waals surface area contributed by atoms with Crippen molar-refractivity contribution in [2.75, 3.05) is 31.0 Å². The van der Waals surface area contributed by atoms with Gasteiger partial charge in [-0.25, -0.2) is 18.2 Å². The van der Waals surface area contributed by atoms with Crippen molar-refractivity contribution in [1.29, 1.82) is 0 Å². The normalized spacial score (nSPS) is 10.8. The van der Waals surface area contributed by atoms with Crippen LogP contribution in [0.1, 0.15) is 17.3 Å². The zero-order valence-electron chi connectivity index (χ0n) is 18.5. The summed E-state index contributed by atoms with van der Waals surface area (Å²) in [7, 11) is 0. The van der Waals surface area contributed by atoms with Crippen LogP contribution in [0.2, 0.25) is 0 Å².